The molecule has 1 aliphatic carbocycles. The van der Waals surface area contributed by atoms with Crippen molar-refractivity contribution in [3.05, 3.63) is 105 Å². The molecular formula is C33H29F2N7O6S. The highest BCUT2D eigenvalue weighted by Gasteiger charge is 2.21. The number of anilines is 1. The van der Waals surface area contributed by atoms with Gasteiger partial charge >= 0.3 is 0 Å². The third-order valence-electron chi connectivity index (χ3n) is 7.34. The van der Waals surface area contributed by atoms with Gasteiger partial charge in [0.05, 0.1) is 7.11 Å². The Morgan fingerprint density at radius 1 is 0.796 bits per heavy atom. The summed E-state index contributed by atoms with van der Waals surface area (Å²) in [4.78, 5) is 46.4. The van der Waals surface area contributed by atoms with E-state index < -0.39 is 17.2 Å². The minimum absolute atomic E-state index is 0.00240. The molecule has 0 spiro atoms. The molecule has 1 N–H and O–H groups in total. The van der Waals surface area contributed by atoms with E-state index in [1.807, 2.05) is 0 Å². The zero-order chi connectivity index (χ0) is 34.5. The van der Waals surface area contributed by atoms with Crippen molar-refractivity contribution < 1.29 is 27.5 Å². The number of hydrogen-bond acceptors (Lipinski definition) is 12. The Balaban J connectivity index is 0.000000170. The van der Waals surface area contributed by atoms with Gasteiger partial charge in [0, 0.05) is 43.8 Å². The first-order chi connectivity index (χ1) is 23.7. The lowest BCUT2D eigenvalue weighted by molar-refractivity contribution is -0.160. The van der Waals surface area contributed by atoms with Crippen molar-refractivity contribution in [3.63, 3.8) is 0 Å². The third kappa shape index (κ3) is 7.83. The van der Waals surface area contributed by atoms with Gasteiger partial charge in [-0.1, -0.05) is 24.3 Å². The second-order valence-corrected chi connectivity index (χ2v) is 11.5. The van der Waals surface area contributed by atoms with Crippen molar-refractivity contribution in [1.29, 1.82) is 0 Å². The van der Waals surface area contributed by atoms with Crippen LogP contribution in [-0.2, 0) is 23.3 Å². The molecule has 4 heterocycles. The average Bonchev–Trinajstić information content (AvgIpc) is 3.95. The van der Waals surface area contributed by atoms with Crippen LogP contribution in [0.25, 0.3) is 22.1 Å². The second-order valence-electron chi connectivity index (χ2n) is 10.9. The molecule has 1 saturated carbocycles. The molecule has 0 aliphatic heterocycles. The van der Waals surface area contributed by atoms with Gasteiger partial charge < -0.3 is 14.8 Å². The lowest BCUT2D eigenvalue weighted by Gasteiger charge is -2.11. The van der Waals surface area contributed by atoms with E-state index in [0.717, 1.165) is 18.6 Å². The van der Waals surface area contributed by atoms with Gasteiger partial charge in [-0.3, -0.25) is 18.7 Å². The summed E-state index contributed by atoms with van der Waals surface area (Å²) in [6.45, 7) is 0.841. The SMILES string of the molecule is COOSc1ncc2cc(Oc3ccccc3F)c(=O)n(C)c2n1.Cn1c(=O)c(Oc2ccccc2F)cc2cnc(NCC3CC3)nc21. The normalized spacial score (nSPS) is 12.4. The molecular weight excluding hydrogens is 660 g/mol. The molecule has 6 aromatic rings. The summed E-state index contributed by atoms with van der Waals surface area (Å²) in [5.74, 6) is 0.0875. The Hall–Kier alpha value is -5.45. The van der Waals surface area contributed by atoms with Crippen LogP contribution in [0.5, 0.6) is 23.0 Å². The summed E-state index contributed by atoms with van der Waals surface area (Å²) in [5.41, 5.74) is 0.0490. The molecule has 49 heavy (non-hydrogen) atoms. The first-order valence-electron chi connectivity index (χ1n) is 14.9. The summed E-state index contributed by atoms with van der Waals surface area (Å²) in [6, 6.07) is 14.8. The molecule has 0 saturated heterocycles. The van der Waals surface area contributed by atoms with Crippen molar-refractivity contribution in [2.75, 3.05) is 19.0 Å². The highest BCUT2D eigenvalue weighted by Crippen LogP contribution is 2.29. The van der Waals surface area contributed by atoms with Gasteiger partial charge in [0.2, 0.25) is 11.1 Å². The highest BCUT2D eigenvalue weighted by molar-refractivity contribution is 7.94. The van der Waals surface area contributed by atoms with Gasteiger partial charge in [-0.2, -0.15) is 9.32 Å². The van der Waals surface area contributed by atoms with Crippen LogP contribution in [0.15, 0.2) is 87.8 Å². The molecule has 0 unspecified atom stereocenters. The first kappa shape index (κ1) is 33.5. The number of benzene rings is 2. The Kier molecular flexibility index (Phi) is 10.1. The van der Waals surface area contributed by atoms with Crippen molar-refractivity contribution in [2.45, 2.75) is 18.0 Å². The topological polar surface area (TPSA) is 145 Å². The number of nitrogens with one attached hydrogen (secondary N) is 1. The number of rotatable bonds is 10. The van der Waals surface area contributed by atoms with Crippen molar-refractivity contribution in [2.24, 2.45) is 20.0 Å². The monoisotopic (exact) mass is 689 g/mol. The van der Waals surface area contributed by atoms with E-state index in [1.165, 1.54) is 84.8 Å². The molecule has 1 fully saturated rings. The minimum Gasteiger partial charge on any atom is -0.448 e. The molecule has 0 atom stereocenters. The van der Waals surface area contributed by atoms with Gasteiger partial charge in [0.1, 0.15) is 23.3 Å². The van der Waals surface area contributed by atoms with Crippen LogP contribution in [0, 0.1) is 17.6 Å². The predicted octanol–water partition coefficient (Wildman–Crippen LogP) is 5.93. The van der Waals surface area contributed by atoms with Gasteiger partial charge in [-0.25, -0.2) is 28.6 Å². The van der Waals surface area contributed by atoms with Crippen molar-refractivity contribution in [1.82, 2.24) is 29.1 Å². The van der Waals surface area contributed by atoms with Crippen LogP contribution >= 0.6 is 12.0 Å². The van der Waals surface area contributed by atoms with Crippen LogP contribution in [0.4, 0.5) is 14.7 Å². The number of aromatic nitrogens is 6. The molecule has 0 bridgehead atoms. The fourth-order valence-corrected chi connectivity index (χ4v) is 4.95. The number of ether oxygens (including phenoxy) is 2. The fourth-order valence-electron chi connectivity index (χ4n) is 4.60. The molecule has 7 rings (SSSR count). The maximum atomic E-state index is 13.8. The standard InChI is InChI=1S/C18H17FN4O2.C15H12FN3O4S/c1-23-16-12(10-21-18(22-16)20-9-11-6-7-11)8-15(17(23)24)25-14-5-3-2-4-13(14)19;1-19-13-9(8-17-15(18-13)24-23-21-2)7-12(14(19)20)22-11-6-4-3-5-10(11)16/h2-5,8,10-11H,6-7,9H2,1H3,(H,20,21,22);3-8H,1-2H3. The van der Waals surface area contributed by atoms with Crippen LogP contribution in [-0.4, -0.2) is 42.7 Å². The molecule has 4 aromatic heterocycles. The van der Waals surface area contributed by atoms with Crippen LogP contribution in [0.3, 0.4) is 0 Å². The maximum Gasteiger partial charge on any atom is 0.294 e. The second kappa shape index (κ2) is 14.8. The highest BCUT2D eigenvalue weighted by atomic mass is 32.2. The maximum absolute atomic E-state index is 13.8. The number of fused-ring (bicyclic) bond motifs is 2. The minimum atomic E-state index is -0.556. The first-order valence-corrected chi connectivity index (χ1v) is 15.7. The Morgan fingerprint density at radius 3 is 1.86 bits per heavy atom. The van der Waals surface area contributed by atoms with Gasteiger partial charge in [-0.15, -0.1) is 0 Å². The number of pyridine rings is 2. The van der Waals surface area contributed by atoms with Crippen molar-refractivity contribution >= 4 is 40.1 Å². The summed E-state index contributed by atoms with van der Waals surface area (Å²) < 4.78 is 45.7. The smallest absolute Gasteiger partial charge is 0.294 e. The molecule has 0 amide bonds. The largest absolute Gasteiger partial charge is 0.448 e. The quantitative estimate of drug-likeness (QED) is 0.0788. The molecule has 16 heteroatoms. The lowest BCUT2D eigenvalue weighted by Crippen LogP contribution is -2.20. The number of para-hydroxylation sites is 2. The van der Waals surface area contributed by atoms with E-state index in [-0.39, 0.29) is 33.7 Å². The van der Waals surface area contributed by atoms with E-state index in [0.29, 0.717) is 33.9 Å². The summed E-state index contributed by atoms with van der Waals surface area (Å²) in [5, 5.41) is 4.67. The number of halogens is 2. The average molecular weight is 690 g/mol. The zero-order valence-corrected chi connectivity index (χ0v) is 27.2. The Labute approximate surface area is 281 Å². The third-order valence-corrected chi connectivity index (χ3v) is 7.89. The number of nitrogens with zero attached hydrogens (tertiary/aromatic N) is 6. The Morgan fingerprint density at radius 2 is 1.33 bits per heavy atom. The molecule has 252 valence electrons. The predicted molar refractivity (Wildman–Crippen MR) is 178 cm³/mol. The zero-order valence-electron chi connectivity index (χ0n) is 26.4. The number of aryl methyl sites for hydroxylation is 2. The van der Waals surface area contributed by atoms with E-state index in [1.54, 1.807) is 31.4 Å². The summed E-state index contributed by atoms with van der Waals surface area (Å²) >= 11 is 0.818. The van der Waals surface area contributed by atoms with Gasteiger partial charge in [0.15, 0.2) is 34.6 Å². The molecule has 0 radical (unpaired) electrons. The fraction of sp³-hybridized carbons (Fsp3) is 0.212. The van der Waals surface area contributed by atoms with Crippen LogP contribution < -0.4 is 25.9 Å². The van der Waals surface area contributed by atoms with E-state index >= 15 is 0 Å². The molecule has 2 aromatic carbocycles. The number of hydrogen-bond donors (Lipinski definition) is 1. The van der Waals surface area contributed by atoms with E-state index in [9.17, 15) is 18.4 Å². The lowest BCUT2D eigenvalue weighted by atomic mass is 10.3. The summed E-state index contributed by atoms with van der Waals surface area (Å²) in [6.07, 6.45) is 5.61. The molecule has 13 nitrogen and oxygen atoms in total. The van der Waals surface area contributed by atoms with Gasteiger partial charge in [-0.05, 0) is 55.2 Å². The van der Waals surface area contributed by atoms with Crippen LogP contribution in [0.1, 0.15) is 12.8 Å². The van der Waals surface area contributed by atoms with Crippen molar-refractivity contribution in [3.8, 4) is 23.0 Å². The Bertz CT molecular complexity index is 2260. The van der Waals surface area contributed by atoms with E-state index in [4.69, 9.17) is 13.8 Å². The summed E-state index contributed by atoms with van der Waals surface area (Å²) in [7, 11) is 4.50. The van der Waals surface area contributed by atoms with E-state index in [2.05, 4.69) is 30.1 Å². The van der Waals surface area contributed by atoms with Gasteiger partial charge in [0.25, 0.3) is 11.1 Å². The molecule has 1 aliphatic rings. The van der Waals surface area contributed by atoms with Crippen LogP contribution in [0.2, 0.25) is 0 Å².